The van der Waals surface area contributed by atoms with Gasteiger partial charge in [0.2, 0.25) is 5.91 Å². The fourth-order valence-corrected chi connectivity index (χ4v) is 3.88. The Labute approximate surface area is 125 Å². The van der Waals surface area contributed by atoms with Crippen molar-refractivity contribution in [3.63, 3.8) is 0 Å². The summed E-state index contributed by atoms with van der Waals surface area (Å²) in [6, 6.07) is 4.72. The smallest absolute Gasteiger partial charge is 0.238 e. The first-order valence-corrected chi connectivity index (χ1v) is 8.50. The Kier molecular flexibility index (Phi) is 4.53. The number of hydrogen-bond acceptors (Lipinski definition) is 5. The summed E-state index contributed by atoms with van der Waals surface area (Å²) < 4.78 is 24.8. The van der Waals surface area contributed by atoms with Crippen LogP contribution in [-0.2, 0) is 14.6 Å². The van der Waals surface area contributed by atoms with Crippen LogP contribution in [0.5, 0.6) is 0 Å². The molecule has 0 aliphatic carbocycles. The second-order valence-electron chi connectivity index (χ2n) is 5.47. The molecule has 0 aromatic heterocycles. The van der Waals surface area contributed by atoms with E-state index in [0.29, 0.717) is 24.3 Å². The molecule has 6 nitrogen and oxygen atoms in total. The van der Waals surface area contributed by atoms with Gasteiger partial charge in [0.05, 0.1) is 4.90 Å². The van der Waals surface area contributed by atoms with E-state index in [9.17, 15) is 13.2 Å². The maximum Gasteiger partial charge on any atom is 0.238 e. The standard InChI is InChI=1S/C14H21N3O3S/c1-11-3-4-12(15)9-13(11)21(19,20)10-14(18)17-7-5-16(2)6-8-17/h3-4,9H,5-8,10,15H2,1-2H3. The number of nitrogens with two attached hydrogens (primary N) is 1. The van der Waals surface area contributed by atoms with Crippen molar-refractivity contribution in [1.29, 1.82) is 0 Å². The van der Waals surface area contributed by atoms with Crippen molar-refractivity contribution in [3.8, 4) is 0 Å². The van der Waals surface area contributed by atoms with Gasteiger partial charge >= 0.3 is 0 Å². The topological polar surface area (TPSA) is 83.7 Å². The number of hydrogen-bond donors (Lipinski definition) is 1. The molecule has 0 radical (unpaired) electrons. The minimum atomic E-state index is -3.66. The number of carbonyl (C=O) groups is 1. The van der Waals surface area contributed by atoms with Crippen molar-refractivity contribution < 1.29 is 13.2 Å². The molecule has 2 rings (SSSR count). The van der Waals surface area contributed by atoms with Gasteiger partial charge in [-0.2, -0.15) is 0 Å². The molecule has 0 atom stereocenters. The average Bonchev–Trinajstić information content (AvgIpc) is 2.41. The highest BCUT2D eigenvalue weighted by Crippen LogP contribution is 2.20. The van der Waals surface area contributed by atoms with Crippen LogP contribution >= 0.6 is 0 Å². The summed E-state index contributed by atoms with van der Waals surface area (Å²) >= 11 is 0. The molecule has 1 fully saturated rings. The molecule has 1 aliphatic rings. The normalized spacial score (nSPS) is 17.0. The molecule has 21 heavy (non-hydrogen) atoms. The van der Waals surface area contributed by atoms with E-state index in [0.717, 1.165) is 13.1 Å². The Bertz CT molecular complexity index is 635. The van der Waals surface area contributed by atoms with Crippen molar-refractivity contribution in [2.24, 2.45) is 0 Å². The van der Waals surface area contributed by atoms with Crippen LogP contribution in [0.4, 0.5) is 5.69 Å². The van der Waals surface area contributed by atoms with E-state index in [1.54, 1.807) is 24.0 Å². The van der Waals surface area contributed by atoms with Gasteiger partial charge in [0.1, 0.15) is 5.75 Å². The van der Waals surface area contributed by atoms with Crippen molar-refractivity contribution in [2.75, 3.05) is 44.7 Å². The molecule has 1 amide bonds. The summed E-state index contributed by atoms with van der Waals surface area (Å²) in [5, 5.41) is 0. The molecule has 1 aromatic rings. The van der Waals surface area contributed by atoms with E-state index in [2.05, 4.69) is 4.90 Å². The summed E-state index contributed by atoms with van der Waals surface area (Å²) in [6.45, 7) is 4.38. The lowest BCUT2D eigenvalue weighted by atomic mass is 10.2. The predicted octanol–water partition coefficient (Wildman–Crippen LogP) is 0.125. The zero-order chi connectivity index (χ0) is 15.6. The number of carbonyl (C=O) groups excluding carboxylic acids is 1. The van der Waals surface area contributed by atoms with Crippen LogP contribution in [0.25, 0.3) is 0 Å². The lowest BCUT2D eigenvalue weighted by Gasteiger charge is -2.32. The predicted molar refractivity (Wildman–Crippen MR) is 81.7 cm³/mol. The number of aryl methyl sites for hydroxylation is 1. The van der Waals surface area contributed by atoms with Crippen LogP contribution < -0.4 is 5.73 Å². The number of piperazine rings is 1. The number of likely N-dealkylation sites (N-methyl/N-ethyl adjacent to an activating group) is 1. The molecular weight excluding hydrogens is 290 g/mol. The van der Waals surface area contributed by atoms with E-state index < -0.39 is 15.6 Å². The largest absolute Gasteiger partial charge is 0.399 e. The summed E-state index contributed by atoms with van der Waals surface area (Å²) in [5.41, 5.74) is 6.64. The molecular formula is C14H21N3O3S. The zero-order valence-corrected chi connectivity index (χ0v) is 13.2. The molecule has 1 aliphatic heterocycles. The molecule has 7 heteroatoms. The van der Waals surface area contributed by atoms with Crippen LogP contribution in [0.15, 0.2) is 23.1 Å². The highest BCUT2D eigenvalue weighted by molar-refractivity contribution is 7.92. The minimum absolute atomic E-state index is 0.143. The van der Waals surface area contributed by atoms with E-state index in [-0.39, 0.29) is 10.8 Å². The van der Waals surface area contributed by atoms with Crippen LogP contribution in [0.1, 0.15) is 5.56 Å². The Hall–Kier alpha value is -1.60. The first kappa shape index (κ1) is 15.8. The van der Waals surface area contributed by atoms with Gasteiger partial charge in [-0.25, -0.2) is 8.42 Å². The van der Waals surface area contributed by atoms with Crippen LogP contribution in [0.2, 0.25) is 0 Å². The van der Waals surface area contributed by atoms with Crippen molar-refractivity contribution in [1.82, 2.24) is 9.80 Å². The van der Waals surface area contributed by atoms with Crippen LogP contribution in [0.3, 0.4) is 0 Å². The lowest BCUT2D eigenvalue weighted by Crippen LogP contribution is -2.48. The fraction of sp³-hybridized carbons (Fsp3) is 0.500. The number of nitrogens with zero attached hydrogens (tertiary/aromatic N) is 2. The maximum atomic E-state index is 12.4. The molecule has 1 saturated heterocycles. The summed E-state index contributed by atoms with van der Waals surface area (Å²) in [5.74, 6) is -0.842. The lowest BCUT2D eigenvalue weighted by molar-refractivity contribution is -0.129. The monoisotopic (exact) mass is 311 g/mol. The summed E-state index contributed by atoms with van der Waals surface area (Å²) in [6.07, 6.45) is 0. The average molecular weight is 311 g/mol. The number of rotatable bonds is 3. The van der Waals surface area contributed by atoms with Crippen LogP contribution in [0, 0.1) is 6.92 Å². The quantitative estimate of drug-likeness (QED) is 0.802. The SMILES string of the molecule is Cc1ccc(N)cc1S(=O)(=O)CC(=O)N1CCN(C)CC1. The Balaban J connectivity index is 2.14. The van der Waals surface area contributed by atoms with Crippen LogP contribution in [-0.4, -0.2) is 63.1 Å². The molecule has 1 heterocycles. The first-order valence-electron chi connectivity index (χ1n) is 6.85. The molecule has 0 bridgehead atoms. The van der Waals surface area contributed by atoms with Gasteiger partial charge in [0.15, 0.2) is 9.84 Å². The van der Waals surface area contributed by atoms with Gasteiger partial charge in [0, 0.05) is 31.9 Å². The summed E-state index contributed by atoms with van der Waals surface area (Å²) in [4.78, 5) is 16.1. The number of sulfone groups is 1. The number of anilines is 1. The second-order valence-corrected chi connectivity index (χ2v) is 7.43. The van der Waals surface area contributed by atoms with Crippen molar-refractivity contribution in [3.05, 3.63) is 23.8 Å². The Morgan fingerprint density at radius 2 is 1.86 bits per heavy atom. The minimum Gasteiger partial charge on any atom is -0.399 e. The Morgan fingerprint density at radius 1 is 1.24 bits per heavy atom. The van der Waals surface area contributed by atoms with Gasteiger partial charge < -0.3 is 15.5 Å². The molecule has 0 saturated carbocycles. The fourth-order valence-electron chi connectivity index (χ4n) is 2.34. The second kappa shape index (κ2) is 6.03. The van der Waals surface area contributed by atoms with Crippen molar-refractivity contribution >= 4 is 21.4 Å². The van der Waals surface area contributed by atoms with Gasteiger partial charge in [-0.3, -0.25) is 4.79 Å². The van der Waals surface area contributed by atoms with Gasteiger partial charge in [0.25, 0.3) is 0 Å². The number of amides is 1. The third-order valence-electron chi connectivity index (χ3n) is 3.72. The molecule has 116 valence electrons. The number of benzene rings is 1. The van der Waals surface area contributed by atoms with E-state index >= 15 is 0 Å². The zero-order valence-electron chi connectivity index (χ0n) is 12.4. The molecule has 0 unspecified atom stereocenters. The van der Waals surface area contributed by atoms with E-state index in [1.165, 1.54) is 6.07 Å². The third-order valence-corrected chi connectivity index (χ3v) is 5.45. The van der Waals surface area contributed by atoms with Gasteiger partial charge in [-0.05, 0) is 31.7 Å². The van der Waals surface area contributed by atoms with E-state index in [4.69, 9.17) is 5.73 Å². The molecule has 1 aromatic carbocycles. The third kappa shape index (κ3) is 3.74. The summed E-state index contributed by atoms with van der Waals surface area (Å²) in [7, 11) is -1.68. The highest BCUT2D eigenvalue weighted by Gasteiger charge is 2.26. The molecule has 2 N–H and O–H groups in total. The maximum absolute atomic E-state index is 12.4. The molecule has 0 spiro atoms. The first-order chi connectivity index (χ1) is 9.79. The van der Waals surface area contributed by atoms with E-state index in [1.807, 2.05) is 7.05 Å². The van der Waals surface area contributed by atoms with Crippen molar-refractivity contribution in [2.45, 2.75) is 11.8 Å². The number of nitrogen functional groups attached to an aromatic ring is 1. The van der Waals surface area contributed by atoms with Gasteiger partial charge in [-0.15, -0.1) is 0 Å². The Morgan fingerprint density at radius 3 is 2.48 bits per heavy atom. The highest BCUT2D eigenvalue weighted by atomic mass is 32.2. The van der Waals surface area contributed by atoms with Gasteiger partial charge in [-0.1, -0.05) is 6.07 Å².